The first-order valence-electron chi connectivity index (χ1n) is 5.25. The van der Waals surface area contributed by atoms with Gasteiger partial charge in [0, 0.05) is 31.8 Å². The summed E-state index contributed by atoms with van der Waals surface area (Å²) in [6.07, 6.45) is 0. The summed E-state index contributed by atoms with van der Waals surface area (Å²) in [4.78, 5) is 10.2. The Labute approximate surface area is 105 Å². The average Bonchev–Trinajstić information content (AvgIpc) is 2.29. The molecule has 0 atom stereocenters. The number of nitro groups is 1. The van der Waals surface area contributed by atoms with Crippen molar-refractivity contribution in [3.63, 3.8) is 0 Å². The maximum atomic E-state index is 11.9. The molecule has 7 nitrogen and oxygen atoms in total. The van der Waals surface area contributed by atoms with Crippen molar-refractivity contribution in [1.82, 2.24) is 4.31 Å². The van der Waals surface area contributed by atoms with Crippen LogP contribution in [0.2, 0.25) is 0 Å². The van der Waals surface area contributed by atoms with Crippen molar-refractivity contribution in [3.8, 4) is 0 Å². The summed E-state index contributed by atoms with van der Waals surface area (Å²) in [5.74, 6) is -0.402. The first-order valence-corrected chi connectivity index (χ1v) is 6.86. The van der Waals surface area contributed by atoms with Crippen LogP contribution >= 0.6 is 0 Å². The number of para-hydroxylation sites is 1. The largest absolute Gasteiger partial charge is 0.329 e. The standard InChI is InChI=1S/C10H15N3O4S/c1-12(7-6-11)18(16,17)8-9-4-2-3-5-10(9)13(14)15/h2-5H,6-8,11H2,1H3. The number of hydrogen-bond acceptors (Lipinski definition) is 5. The van der Waals surface area contributed by atoms with Crippen molar-refractivity contribution in [2.24, 2.45) is 5.73 Å². The van der Waals surface area contributed by atoms with E-state index >= 15 is 0 Å². The molecule has 0 heterocycles. The fourth-order valence-electron chi connectivity index (χ4n) is 1.44. The minimum atomic E-state index is -3.58. The molecule has 0 aliphatic rings. The van der Waals surface area contributed by atoms with Gasteiger partial charge in [-0.3, -0.25) is 10.1 Å². The summed E-state index contributed by atoms with van der Waals surface area (Å²) in [6, 6.07) is 5.79. The zero-order valence-electron chi connectivity index (χ0n) is 9.94. The van der Waals surface area contributed by atoms with Crippen LogP contribution in [0.3, 0.4) is 0 Å². The van der Waals surface area contributed by atoms with Crippen LogP contribution in [0.1, 0.15) is 5.56 Å². The molecule has 0 aromatic heterocycles. The van der Waals surface area contributed by atoms with E-state index in [9.17, 15) is 18.5 Å². The minimum Gasteiger partial charge on any atom is -0.329 e. The first kappa shape index (κ1) is 14.6. The van der Waals surface area contributed by atoms with Crippen LogP contribution in [0.4, 0.5) is 5.69 Å². The van der Waals surface area contributed by atoms with E-state index in [-0.39, 0.29) is 24.3 Å². The van der Waals surface area contributed by atoms with Crippen LogP contribution in [-0.2, 0) is 15.8 Å². The molecule has 1 aromatic rings. The van der Waals surface area contributed by atoms with Gasteiger partial charge in [0.05, 0.1) is 10.7 Å². The molecule has 0 bridgehead atoms. The van der Waals surface area contributed by atoms with Gasteiger partial charge in [0.1, 0.15) is 0 Å². The third kappa shape index (κ3) is 3.49. The summed E-state index contributed by atoms with van der Waals surface area (Å²) in [6.45, 7) is 0.385. The van der Waals surface area contributed by atoms with E-state index in [1.807, 2.05) is 0 Å². The molecule has 0 amide bonds. The summed E-state index contributed by atoms with van der Waals surface area (Å²) < 4.78 is 24.9. The molecular formula is C10H15N3O4S. The van der Waals surface area contributed by atoms with Gasteiger partial charge in [0.2, 0.25) is 10.0 Å². The SMILES string of the molecule is CN(CCN)S(=O)(=O)Cc1ccccc1[N+](=O)[O-]. The summed E-state index contributed by atoms with van der Waals surface area (Å²) in [7, 11) is -2.18. The molecule has 0 spiro atoms. The lowest BCUT2D eigenvalue weighted by Crippen LogP contribution is -2.32. The molecular weight excluding hydrogens is 258 g/mol. The molecule has 0 aliphatic heterocycles. The third-order valence-electron chi connectivity index (χ3n) is 2.45. The topological polar surface area (TPSA) is 107 Å². The predicted octanol–water partition coefficient (Wildman–Crippen LogP) is 0.315. The summed E-state index contributed by atoms with van der Waals surface area (Å²) in [5, 5.41) is 10.8. The molecule has 0 unspecified atom stereocenters. The first-order chi connectivity index (χ1) is 8.38. The summed E-state index contributed by atoms with van der Waals surface area (Å²) >= 11 is 0. The van der Waals surface area contributed by atoms with Gasteiger partial charge in [0.25, 0.3) is 5.69 Å². The molecule has 1 rings (SSSR count). The zero-order valence-corrected chi connectivity index (χ0v) is 10.8. The Hall–Kier alpha value is -1.51. The Morgan fingerprint density at radius 3 is 2.56 bits per heavy atom. The van der Waals surface area contributed by atoms with Crippen molar-refractivity contribution in [2.45, 2.75) is 5.75 Å². The monoisotopic (exact) mass is 273 g/mol. The highest BCUT2D eigenvalue weighted by atomic mass is 32.2. The fraction of sp³-hybridized carbons (Fsp3) is 0.400. The minimum absolute atomic E-state index is 0.173. The van der Waals surface area contributed by atoms with Crippen LogP contribution in [-0.4, -0.2) is 37.8 Å². The van der Waals surface area contributed by atoms with E-state index in [1.165, 1.54) is 25.2 Å². The van der Waals surface area contributed by atoms with Crippen molar-refractivity contribution in [3.05, 3.63) is 39.9 Å². The van der Waals surface area contributed by atoms with E-state index in [4.69, 9.17) is 5.73 Å². The van der Waals surface area contributed by atoms with Gasteiger partial charge in [-0.05, 0) is 0 Å². The van der Waals surface area contributed by atoms with Crippen molar-refractivity contribution >= 4 is 15.7 Å². The molecule has 1 aromatic carbocycles. The normalized spacial score (nSPS) is 11.7. The number of rotatable bonds is 6. The fourth-order valence-corrected chi connectivity index (χ4v) is 2.68. The van der Waals surface area contributed by atoms with Crippen LogP contribution in [0, 0.1) is 10.1 Å². The highest BCUT2D eigenvalue weighted by Gasteiger charge is 2.22. The Morgan fingerprint density at radius 1 is 1.39 bits per heavy atom. The highest BCUT2D eigenvalue weighted by Crippen LogP contribution is 2.20. The van der Waals surface area contributed by atoms with E-state index in [2.05, 4.69) is 0 Å². The van der Waals surface area contributed by atoms with Gasteiger partial charge in [-0.2, -0.15) is 0 Å². The van der Waals surface area contributed by atoms with Gasteiger partial charge >= 0.3 is 0 Å². The van der Waals surface area contributed by atoms with E-state index in [0.717, 1.165) is 4.31 Å². The highest BCUT2D eigenvalue weighted by molar-refractivity contribution is 7.88. The zero-order chi connectivity index (χ0) is 13.8. The van der Waals surface area contributed by atoms with E-state index in [0.29, 0.717) is 0 Å². The maximum absolute atomic E-state index is 11.9. The quantitative estimate of drug-likeness (QED) is 0.593. The van der Waals surface area contributed by atoms with Gasteiger partial charge < -0.3 is 5.73 Å². The number of likely N-dealkylation sites (N-methyl/N-ethyl adjacent to an activating group) is 1. The van der Waals surface area contributed by atoms with E-state index in [1.54, 1.807) is 6.07 Å². The third-order valence-corrected chi connectivity index (χ3v) is 4.25. The molecule has 18 heavy (non-hydrogen) atoms. The number of sulfonamides is 1. The molecule has 0 radical (unpaired) electrons. The number of benzene rings is 1. The Bertz CT molecular complexity index is 530. The van der Waals surface area contributed by atoms with Crippen LogP contribution in [0.15, 0.2) is 24.3 Å². The molecule has 0 saturated carbocycles. The lowest BCUT2D eigenvalue weighted by atomic mass is 10.2. The van der Waals surface area contributed by atoms with Gasteiger partial charge in [-0.1, -0.05) is 18.2 Å². The maximum Gasteiger partial charge on any atom is 0.273 e. The average molecular weight is 273 g/mol. The lowest BCUT2D eigenvalue weighted by molar-refractivity contribution is -0.385. The molecule has 0 aliphatic carbocycles. The molecule has 8 heteroatoms. The number of nitrogens with two attached hydrogens (primary N) is 1. The summed E-state index contributed by atoms with van der Waals surface area (Å²) in [5.41, 5.74) is 5.26. The van der Waals surface area contributed by atoms with Gasteiger partial charge in [-0.15, -0.1) is 0 Å². The second kappa shape index (κ2) is 5.89. The molecule has 0 saturated heterocycles. The second-order valence-corrected chi connectivity index (χ2v) is 5.83. The van der Waals surface area contributed by atoms with Crippen molar-refractivity contribution in [2.75, 3.05) is 20.1 Å². The number of nitrogens with zero attached hydrogens (tertiary/aromatic N) is 2. The van der Waals surface area contributed by atoms with E-state index < -0.39 is 20.7 Å². The lowest BCUT2D eigenvalue weighted by Gasteiger charge is -2.15. The Morgan fingerprint density at radius 2 is 2.00 bits per heavy atom. The van der Waals surface area contributed by atoms with Crippen LogP contribution in [0.5, 0.6) is 0 Å². The Balaban J connectivity index is 3.01. The van der Waals surface area contributed by atoms with Gasteiger partial charge in [-0.25, -0.2) is 12.7 Å². The molecule has 2 N–H and O–H groups in total. The van der Waals surface area contributed by atoms with Crippen molar-refractivity contribution in [1.29, 1.82) is 0 Å². The smallest absolute Gasteiger partial charge is 0.273 e. The van der Waals surface area contributed by atoms with Crippen LogP contribution in [0.25, 0.3) is 0 Å². The number of nitro benzene ring substituents is 1. The second-order valence-electron chi connectivity index (χ2n) is 3.75. The number of hydrogen-bond donors (Lipinski definition) is 1. The van der Waals surface area contributed by atoms with Crippen LogP contribution < -0.4 is 5.73 Å². The predicted molar refractivity (Wildman–Crippen MR) is 67.4 cm³/mol. The van der Waals surface area contributed by atoms with Gasteiger partial charge in [0.15, 0.2) is 0 Å². The van der Waals surface area contributed by atoms with Crippen molar-refractivity contribution < 1.29 is 13.3 Å². The molecule has 0 fully saturated rings. The molecule has 100 valence electrons. The Kier molecular flexibility index (Phi) is 4.76.